The van der Waals surface area contributed by atoms with Crippen LogP contribution in [0.25, 0.3) is 11.1 Å². The number of nitrogens with zero attached hydrogens (tertiary/aromatic N) is 1. The molecule has 2 aromatic carbocycles. The van der Waals surface area contributed by atoms with Crippen molar-refractivity contribution in [1.29, 1.82) is 0 Å². The van der Waals surface area contributed by atoms with Crippen molar-refractivity contribution < 1.29 is 26.0 Å². The maximum absolute atomic E-state index is 15.6. The first-order valence-electron chi connectivity index (χ1n) is 12.0. The maximum atomic E-state index is 15.6. The van der Waals surface area contributed by atoms with Crippen LogP contribution in [-0.2, 0) is 24.7 Å². The van der Waals surface area contributed by atoms with Crippen LogP contribution < -0.4 is 10.6 Å². The zero-order valence-electron chi connectivity index (χ0n) is 20.5. The first kappa shape index (κ1) is 29.2. The summed E-state index contributed by atoms with van der Waals surface area (Å²) in [5, 5.41) is 6.33. The molecule has 2 aliphatic rings. The van der Waals surface area contributed by atoms with Gasteiger partial charge in [0, 0.05) is 71.1 Å². The molecule has 38 heavy (non-hydrogen) atoms. The highest BCUT2D eigenvalue weighted by Gasteiger charge is 2.45. The van der Waals surface area contributed by atoms with Crippen molar-refractivity contribution in [3.63, 3.8) is 0 Å². The van der Waals surface area contributed by atoms with Crippen molar-refractivity contribution in [2.45, 2.75) is 41.6 Å². The molecule has 13 heteroatoms. The van der Waals surface area contributed by atoms with E-state index in [9.17, 15) is 21.6 Å². The fourth-order valence-electron chi connectivity index (χ4n) is 4.28. The molecule has 4 rings (SSSR count). The molecule has 0 bridgehead atoms. The van der Waals surface area contributed by atoms with E-state index in [2.05, 4.69) is 26.6 Å². The summed E-state index contributed by atoms with van der Waals surface area (Å²) < 4.78 is 69.0. The second-order valence-electron chi connectivity index (χ2n) is 9.45. The Bertz CT molecular complexity index is 1460. The first-order chi connectivity index (χ1) is 17.8. The van der Waals surface area contributed by atoms with Crippen molar-refractivity contribution in [3.05, 3.63) is 63.4 Å². The van der Waals surface area contributed by atoms with E-state index in [4.69, 9.17) is 11.6 Å². The lowest BCUT2D eigenvalue weighted by atomic mass is 9.93. The minimum absolute atomic E-state index is 0.0336. The van der Waals surface area contributed by atoms with Gasteiger partial charge in [-0.25, -0.2) is 21.2 Å². The van der Waals surface area contributed by atoms with Gasteiger partial charge >= 0.3 is 0 Å². The Balaban J connectivity index is 1.45. The number of sulfone groups is 1. The number of benzene rings is 2. The van der Waals surface area contributed by atoms with Gasteiger partial charge in [0.05, 0.1) is 10.1 Å². The van der Waals surface area contributed by atoms with Crippen molar-refractivity contribution in [3.8, 4) is 11.1 Å². The van der Waals surface area contributed by atoms with Gasteiger partial charge in [0.2, 0.25) is 10.0 Å². The highest BCUT2D eigenvalue weighted by molar-refractivity contribution is 9.10. The lowest BCUT2D eigenvalue weighted by Crippen LogP contribution is -2.53. The topological polar surface area (TPSA) is 113 Å². The highest BCUT2D eigenvalue weighted by atomic mass is 79.9. The van der Waals surface area contributed by atoms with Crippen LogP contribution in [-0.4, -0.2) is 70.2 Å². The summed E-state index contributed by atoms with van der Waals surface area (Å²) in [5.41, 5.74) is -1.33. The Labute approximate surface area is 235 Å². The molecule has 2 aromatic rings. The molecule has 0 aromatic heterocycles. The Morgan fingerprint density at radius 3 is 2.42 bits per heavy atom. The Morgan fingerprint density at radius 1 is 1.16 bits per heavy atom. The van der Waals surface area contributed by atoms with Crippen LogP contribution >= 0.6 is 27.5 Å². The fraction of sp³-hybridized carbons (Fsp3) is 0.400. The van der Waals surface area contributed by atoms with Gasteiger partial charge in [0.25, 0.3) is 5.91 Å². The third-order valence-electron chi connectivity index (χ3n) is 6.77. The Hall–Kier alpha value is -1.83. The zero-order chi connectivity index (χ0) is 27.7. The van der Waals surface area contributed by atoms with E-state index >= 15 is 4.39 Å². The second kappa shape index (κ2) is 11.3. The predicted octanol–water partition coefficient (Wildman–Crippen LogP) is 3.67. The van der Waals surface area contributed by atoms with Crippen LogP contribution in [0.4, 0.5) is 4.39 Å². The summed E-state index contributed by atoms with van der Waals surface area (Å²) in [4.78, 5) is 12.8. The van der Waals surface area contributed by atoms with Crippen LogP contribution in [0.15, 0.2) is 63.3 Å². The summed E-state index contributed by atoms with van der Waals surface area (Å²) in [6, 6.07) is 10.9. The molecule has 0 spiro atoms. The lowest BCUT2D eigenvalue weighted by Gasteiger charge is -2.35. The average Bonchev–Trinajstić information content (AvgIpc) is 2.82. The number of carbonyl (C=O) groups is 1. The quantitative estimate of drug-likeness (QED) is 0.452. The van der Waals surface area contributed by atoms with Crippen LogP contribution in [0.3, 0.4) is 0 Å². The molecule has 2 fully saturated rings. The molecule has 2 heterocycles. The van der Waals surface area contributed by atoms with Crippen molar-refractivity contribution in [2.75, 3.05) is 26.2 Å². The maximum Gasteiger partial charge on any atom is 0.258 e. The predicted molar refractivity (Wildman–Crippen MR) is 149 cm³/mol. The number of amides is 1. The number of halogens is 3. The summed E-state index contributed by atoms with van der Waals surface area (Å²) in [5.74, 6) is -0.894. The number of alkyl halides is 1. The standard InChI is InChI=1S/C25H28BrClFN3O5S2/c1-17(8-13-37(33,34)19-15-29-16-19)30-24(32)25(28)9-11-31(12-10-25)38(35,36)23-7-6-18(26)14-21(23)20-4-2-3-5-22(20)27/h2-8,13-14,17,19,29H,9-12,15-16H2,1H3,(H,30,32). The van der Waals surface area contributed by atoms with E-state index in [1.54, 1.807) is 43.3 Å². The molecular weight excluding hydrogens is 621 g/mol. The largest absolute Gasteiger partial charge is 0.347 e. The monoisotopic (exact) mass is 647 g/mol. The van der Waals surface area contributed by atoms with Crippen LogP contribution in [0.2, 0.25) is 5.02 Å². The summed E-state index contributed by atoms with van der Waals surface area (Å²) >= 11 is 9.73. The van der Waals surface area contributed by atoms with E-state index in [0.29, 0.717) is 33.7 Å². The number of sulfonamides is 1. The highest BCUT2D eigenvalue weighted by Crippen LogP contribution is 2.37. The SMILES string of the molecule is CC(C=CS(=O)(=O)C1CNC1)NC(=O)C1(F)CCN(S(=O)(=O)c2ccc(Br)cc2-c2ccccc2Cl)CC1. The fourth-order valence-corrected chi connectivity index (χ4v) is 7.89. The molecule has 1 unspecified atom stereocenters. The van der Waals surface area contributed by atoms with Gasteiger partial charge in [0.1, 0.15) is 0 Å². The molecule has 1 atom stereocenters. The zero-order valence-corrected chi connectivity index (χ0v) is 24.5. The van der Waals surface area contributed by atoms with E-state index in [-0.39, 0.29) is 30.8 Å². The van der Waals surface area contributed by atoms with E-state index in [1.165, 1.54) is 16.4 Å². The van der Waals surface area contributed by atoms with Crippen molar-refractivity contribution in [1.82, 2.24) is 14.9 Å². The molecule has 8 nitrogen and oxygen atoms in total. The van der Waals surface area contributed by atoms with E-state index in [0.717, 1.165) is 5.41 Å². The molecule has 0 radical (unpaired) electrons. The number of hydrogen-bond donors (Lipinski definition) is 2. The first-order valence-corrected chi connectivity index (χ1v) is 16.2. The van der Waals surface area contributed by atoms with Crippen molar-refractivity contribution >= 4 is 53.3 Å². The summed E-state index contributed by atoms with van der Waals surface area (Å²) in [6.07, 6.45) is 0.648. The minimum atomic E-state index is -4.03. The van der Waals surface area contributed by atoms with Crippen LogP contribution in [0, 0.1) is 0 Å². The number of carbonyl (C=O) groups excluding carboxylic acids is 1. The van der Waals surface area contributed by atoms with Gasteiger partial charge in [-0.3, -0.25) is 4.79 Å². The van der Waals surface area contributed by atoms with Gasteiger partial charge in [0.15, 0.2) is 15.5 Å². The summed E-state index contributed by atoms with van der Waals surface area (Å²) in [6.45, 7) is 1.91. The van der Waals surface area contributed by atoms with Crippen LogP contribution in [0.5, 0.6) is 0 Å². The number of hydrogen-bond acceptors (Lipinski definition) is 6. The molecule has 2 N–H and O–H groups in total. The molecule has 2 aliphatic heterocycles. The van der Waals surface area contributed by atoms with Crippen LogP contribution in [0.1, 0.15) is 19.8 Å². The molecule has 206 valence electrons. The van der Waals surface area contributed by atoms with Gasteiger partial charge in [-0.2, -0.15) is 4.31 Å². The Kier molecular flexibility index (Phi) is 8.70. The molecule has 1 amide bonds. The second-order valence-corrected chi connectivity index (χ2v) is 14.8. The normalized spacial score (nSPS) is 19.7. The van der Waals surface area contributed by atoms with E-state index < -0.39 is 42.7 Å². The Morgan fingerprint density at radius 2 is 1.82 bits per heavy atom. The number of piperidine rings is 1. The molecule has 0 saturated carbocycles. The minimum Gasteiger partial charge on any atom is -0.347 e. The molecule has 0 aliphatic carbocycles. The van der Waals surface area contributed by atoms with Gasteiger partial charge < -0.3 is 10.6 Å². The van der Waals surface area contributed by atoms with Crippen molar-refractivity contribution in [2.24, 2.45) is 0 Å². The number of nitrogens with one attached hydrogen (secondary N) is 2. The smallest absolute Gasteiger partial charge is 0.258 e. The molecular formula is C25H28BrClFN3O5S2. The lowest BCUT2D eigenvalue weighted by molar-refractivity contribution is -0.135. The van der Waals surface area contributed by atoms with Gasteiger partial charge in [-0.05, 0) is 31.2 Å². The molecule has 2 saturated heterocycles. The van der Waals surface area contributed by atoms with Gasteiger partial charge in [-0.1, -0.05) is 51.8 Å². The third kappa shape index (κ3) is 6.15. The number of rotatable bonds is 8. The third-order valence-corrected chi connectivity index (χ3v) is 11.3. The van der Waals surface area contributed by atoms with E-state index in [1.807, 2.05) is 0 Å². The average molecular weight is 649 g/mol. The summed E-state index contributed by atoms with van der Waals surface area (Å²) in [7, 11) is -7.48. The van der Waals surface area contributed by atoms with Gasteiger partial charge in [-0.15, -0.1) is 0 Å².